The number of carbonyl (C=O) groups is 6. The molecule has 0 heterocycles. The van der Waals surface area contributed by atoms with E-state index in [2.05, 4.69) is 16.0 Å². The maximum absolute atomic E-state index is 12.8. The van der Waals surface area contributed by atoms with Crippen molar-refractivity contribution in [1.29, 1.82) is 0 Å². The highest BCUT2D eigenvalue weighted by Gasteiger charge is 2.41. The summed E-state index contributed by atoms with van der Waals surface area (Å²) < 4.78 is 5.58. The zero-order valence-corrected chi connectivity index (χ0v) is 19.7. The monoisotopic (exact) mass is 506 g/mol. The van der Waals surface area contributed by atoms with Gasteiger partial charge in [0, 0.05) is 19.9 Å². The van der Waals surface area contributed by atoms with Crippen LogP contribution in [0, 0.1) is 5.92 Å². The third-order valence-electron chi connectivity index (χ3n) is 4.88. The van der Waals surface area contributed by atoms with Crippen LogP contribution in [0.4, 0.5) is 0 Å². The van der Waals surface area contributed by atoms with Gasteiger partial charge < -0.3 is 51.6 Å². The van der Waals surface area contributed by atoms with Gasteiger partial charge >= 0.3 is 5.97 Å². The molecule has 0 rings (SSSR count). The van der Waals surface area contributed by atoms with Gasteiger partial charge in [0.15, 0.2) is 0 Å². The Kier molecular flexibility index (Phi) is 14.3. The fourth-order valence-corrected chi connectivity index (χ4v) is 2.98. The summed E-state index contributed by atoms with van der Waals surface area (Å²) >= 11 is 0. The second kappa shape index (κ2) is 15.7. The second-order valence-electron chi connectivity index (χ2n) is 7.70. The van der Waals surface area contributed by atoms with E-state index < -0.39 is 85.0 Å². The highest BCUT2D eigenvalue weighted by atomic mass is 16.5. The molecule has 0 fully saturated rings. The first-order chi connectivity index (χ1) is 16.3. The molecule has 35 heavy (non-hydrogen) atoms. The minimum Gasteiger partial charge on any atom is -0.481 e. The van der Waals surface area contributed by atoms with Gasteiger partial charge in [-0.3, -0.25) is 24.0 Å². The van der Waals surface area contributed by atoms with E-state index in [1.165, 1.54) is 6.92 Å². The van der Waals surface area contributed by atoms with Gasteiger partial charge in [-0.2, -0.15) is 0 Å². The first-order valence-electron chi connectivity index (χ1n) is 10.7. The minimum absolute atomic E-state index is 0.0881. The van der Waals surface area contributed by atoms with Crippen molar-refractivity contribution in [2.45, 2.75) is 70.1 Å². The number of nitrogens with one attached hydrogen (secondary N) is 3. The van der Waals surface area contributed by atoms with Crippen LogP contribution in [0.15, 0.2) is 0 Å². The molecule has 15 nitrogen and oxygen atoms in total. The number of likely N-dealkylation sites (N-methyl/N-ethyl adjacent to an activating group) is 1. The third kappa shape index (κ3) is 10.8. The molecule has 0 radical (unpaired) electrons. The van der Waals surface area contributed by atoms with Crippen LogP contribution in [-0.2, 0) is 33.5 Å². The van der Waals surface area contributed by atoms with Gasteiger partial charge in [-0.15, -0.1) is 0 Å². The number of aliphatic hydroxyl groups excluding tert-OH is 3. The van der Waals surface area contributed by atoms with E-state index in [4.69, 9.17) is 15.6 Å². The van der Waals surface area contributed by atoms with Gasteiger partial charge in [-0.25, -0.2) is 0 Å². The number of hydrogen-bond donors (Lipinski definition) is 8. The summed E-state index contributed by atoms with van der Waals surface area (Å²) in [5.41, 5.74) is 5.21. The van der Waals surface area contributed by atoms with E-state index in [-0.39, 0.29) is 19.3 Å². The number of ether oxygens (including phenoxy) is 1. The Balaban J connectivity index is 6.06. The second-order valence-corrected chi connectivity index (χ2v) is 7.70. The Hall–Kier alpha value is -3.14. The van der Waals surface area contributed by atoms with E-state index in [0.717, 1.165) is 6.92 Å². The summed E-state index contributed by atoms with van der Waals surface area (Å²) in [6, 6.07) is -2.97. The van der Waals surface area contributed by atoms with E-state index in [9.17, 15) is 44.1 Å². The van der Waals surface area contributed by atoms with Crippen molar-refractivity contribution in [3.8, 4) is 0 Å². The first-order valence-corrected chi connectivity index (χ1v) is 10.7. The van der Waals surface area contributed by atoms with E-state index >= 15 is 0 Å². The average molecular weight is 507 g/mol. The number of carbonyl (C=O) groups excluding carboxylic acids is 5. The molecule has 3 unspecified atom stereocenters. The molecule has 0 aliphatic rings. The molecule has 0 aromatic heterocycles. The molecule has 0 aromatic rings. The van der Waals surface area contributed by atoms with Crippen LogP contribution in [0.3, 0.4) is 0 Å². The molecule has 0 spiro atoms. The average Bonchev–Trinajstić information content (AvgIpc) is 2.79. The zero-order valence-electron chi connectivity index (χ0n) is 19.7. The Morgan fingerprint density at radius 3 is 2.11 bits per heavy atom. The number of aliphatic hydroxyl groups is 3. The highest BCUT2D eigenvalue weighted by molar-refractivity contribution is 5.92. The fourth-order valence-electron chi connectivity index (χ4n) is 2.98. The summed E-state index contributed by atoms with van der Waals surface area (Å²) in [4.78, 5) is 71.0. The van der Waals surface area contributed by atoms with Crippen LogP contribution in [-0.4, -0.2) is 106 Å². The van der Waals surface area contributed by atoms with Crippen molar-refractivity contribution < 1.29 is 53.9 Å². The predicted octanol–water partition coefficient (Wildman–Crippen LogP) is -4.23. The number of aldehydes is 1. The van der Waals surface area contributed by atoms with Gasteiger partial charge in [0.1, 0.15) is 42.8 Å². The lowest BCUT2D eigenvalue weighted by Gasteiger charge is -2.34. The Labute approximate surface area is 201 Å². The molecule has 0 aromatic carbocycles. The normalized spacial score (nSPS) is 17.0. The molecular weight excluding hydrogens is 472 g/mol. The molecule has 4 amide bonds. The summed E-state index contributed by atoms with van der Waals surface area (Å²) in [6.07, 6.45) is -7.98. The standard InChI is InChI=1S/C20H34N4O11/c1-4-22-20(34)16(9(2)19(33)24-11(18(21)32)5-6-14(29)30)35-17(15(31)13(28)8-26)12(7-25)23-10(3)27/h7,9,11-13,15-17,26,28,31H,4-6,8H2,1-3H3,(H2,21,32)(H,22,34)(H,23,27)(H,24,33)(H,29,30)/t9?,11?,12-,13+,15+,16?,17+/m0/s1. The molecule has 15 heteroatoms. The molecule has 9 N–H and O–H groups in total. The Bertz CT molecular complexity index is 763. The molecule has 0 bridgehead atoms. The van der Waals surface area contributed by atoms with Crippen molar-refractivity contribution in [3.05, 3.63) is 0 Å². The lowest BCUT2D eigenvalue weighted by Crippen LogP contribution is -2.58. The van der Waals surface area contributed by atoms with Crippen molar-refractivity contribution in [2.75, 3.05) is 13.2 Å². The highest BCUT2D eigenvalue weighted by Crippen LogP contribution is 2.18. The molecule has 0 aliphatic carbocycles. The number of primary amides is 1. The number of amides is 4. The summed E-state index contributed by atoms with van der Waals surface area (Å²) in [7, 11) is 0. The van der Waals surface area contributed by atoms with Crippen molar-refractivity contribution in [1.82, 2.24) is 16.0 Å². The first kappa shape index (κ1) is 31.9. The molecule has 0 aliphatic heterocycles. The lowest BCUT2D eigenvalue weighted by atomic mass is 9.98. The smallest absolute Gasteiger partial charge is 0.303 e. The minimum atomic E-state index is -1.98. The Morgan fingerprint density at radius 2 is 1.69 bits per heavy atom. The molecule has 0 saturated heterocycles. The van der Waals surface area contributed by atoms with Crippen molar-refractivity contribution >= 4 is 35.9 Å². The summed E-state index contributed by atoms with van der Waals surface area (Å²) in [5.74, 6) is -6.20. The SMILES string of the molecule is CCNC(=O)C(O[C@@H]([C@H](O)[C@H](O)CO)[C@H](C=O)NC(C)=O)C(C)C(=O)NC(CCC(=O)O)C(N)=O. The number of carboxylic acid groups (broad SMARTS) is 1. The van der Waals surface area contributed by atoms with Gasteiger partial charge in [0.2, 0.25) is 23.6 Å². The van der Waals surface area contributed by atoms with Crippen LogP contribution in [0.5, 0.6) is 0 Å². The van der Waals surface area contributed by atoms with Gasteiger partial charge in [-0.05, 0) is 13.3 Å². The number of carboxylic acids is 1. The lowest BCUT2D eigenvalue weighted by molar-refractivity contribution is -0.168. The molecule has 7 atom stereocenters. The van der Waals surface area contributed by atoms with Crippen LogP contribution >= 0.6 is 0 Å². The zero-order chi connectivity index (χ0) is 27.3. The summed E-state index contributed by atoms with van der Waals surface area (Å²) in [6.45, 7) is 2.96. The molecule has 0 saturated carbocycles. The number of nitrogens with two attached hydrogens (primary N) is 1. The van der Waals surface area contributed by atoms with Crippen LogP contribution in [0.25, 0.3) is 0 Å². The maximum Gasteiger partial charge on any atom is 0.303 e. The number of rotatable bonds is 17. The van der Waals surface area contributed by atoms with Gasteiger partial charge in [0.25, 0.3) is 0 Å². The number of aliphatic carboxylic acids is 1. The maximum atomic E-state index is 12.8. The van der Waals surface area contributed by atoms with E-state index in [0.29, 0.717) is 0 Å². The molecule has 200 valence electrons. The van der Waals surface area contributed by atoms with E-state index in [1.54, 1.807) is 6.92 Å². The third-order valence-corrected chi connectivity index (χ3v) is 4.88. The number of hydrogen-bond acceptors (Lipinski definition) is 10. The van der Waals surface area contributed by atoms with Crippen LogP contribution in [0.2, 0.25) is 0 Å². The van der Waals surface area contributed by atoms with Crippen LogP contribution < -0.4 is 21.7 Å². The Morgan fingerprint density at radius 1 is 1.09 bits per heavy atom. The van der Waals surface area contributed by atoms with Gasteiger partial charge in [0.05, 0.1) is 12.5 Å². The van der Waals surface area contributed by atoms with Crippen molar-refractivity contribution in [3.63, 3.8) is 0 Å². The quantitative estimate of drug-likeness (QED) is 0.0877. The van der Waals surface area contributed by atoms with Crippen LogP contribution in [0.1, 0.15) is 33.6 Å². The fraction of sp³-hybridized carbons (Fsp3) is 0.700. The summed E-state index contributed by atoms with van der Waals surface area (Å²) in [5, 5.41) is 45.1. The molecular formula is C20H34N4O11. The van der Waals surface area contributed by atoms with Crippen molar-refractivity contribution in [2.24, 2.45) is 11.7 Å². The largest absolute Gasteiger partial charge is 0.481 e. The van der Waals surface area contributed by atoms with Gasteiger partial charge in [-0.1, -0.05) is 6.92 Å². The topological polar surface area (TPSA) is 255 Å². The van der Waals surface area contributed by atoms with E-state index in [1.807, 2.05) is 0 Å². The predicted molar refractivity (Wildman–Crippen MR) is 117 cm³/mol.